The first-order valence-corrected chi connectivity index (χ1v) is 8.02. The zero-order valence-corrected chi connectivity index (χ0v) is 14.4. The fourth-order valence-electron chi connectivity index (χ4n) is 2.81. The van der Waals surface area contributed by atoms with Crippen LogP contribution >= 0.6 is 0 Å². The number of aromatic amines is 1. The summed E-state index contributed by atoms with van der Waals surface area (Å²) in [6.07, 6.45) is -0.528. The lowest BCUT2D eigenvalue weighted by atomic mass is 10.2. The summed E-state index contributed by atoms with van der Waals surface area (Å²) in [7, 11) is 1.64. The fourth-order valence-corrected chi connectivity index (χ4v) is 2.81. The minimum atomic E-state index is -0.528. The highest BCUT2D eigenvalue weighted by molar-refractivity contribution is 5.94. The molecule has 25 heavy (non-hydrogen) atoms. The van der Waals surface area contributed by atoms with E-state index in [2.05, 4.69) is 9.97 Å². The predicted molar refractivity (Wildman–Crippen MR) is 90.6 cm³/mol. The highest BCUT2D eigenvalue weighted by atomic mass is 16.5. The van der Waals surface area contributed by atoms with Crippen LogP contribution in [0.2, 0.25) is 0 Å². The lowest BCUT2D eigenvalue weighted by Gasteiger charge is -2.32. The first-order chi connectivity index (χ1) is 11.9. The molecular formula is C17H20N4O4. The number of ether oxygens (including phenoxy) is 1. The highest BCUT2D eigenvalue weighted by Crippen LogP contribution is 2.19. The molecule has 2 aromatic heterocycles. The van der Waals surface area contributed by atoms with E-state index >= 15 is 0 Å². The van der Waals surface area contributed by atoms with Gasteiger partial charge in [-0.05, 0) is 26.0 Å². The first-order valence-electron chi connectivity index (χ1n) is 8.02. The predicted octanol–water partition coefficient (Wildman–Crippen LogP) is 0.299. The summed E-state index contributed by atoms with van der Waals surface area (Å²) >= 11 is 0. The van der Waals surface area contributed by atoms with E-state index in [9.17, 15) is 14.4 Å². The van der Waals surface area contributed by atoms with Crippen LogP contribution in [0.25, 0.3) is 0 Å². The molecule has 0 aromatic carbocycles. The maximum absolute atomic E-state index is 12.8. The number of H-pyrrole nitrogens is 1. The summed E-state index contributed by atoms with van der Waals surface area (Å²) in [5, 5.41) is 0. The van der Waals surface area contributed by atoms with Gasteiger partial charge in [-0.1, -0.05) is 0 Å². The molecule has 0 aliphatic carbocycles. The Bertz CT molecular complexity index is 931. The third-order valence-corrected chi connectivity index (χ3v) is 4.33. The van der Waals surface area contributed by atoms with Crippen LogP contribution in [0.1, 0.15) is 33.7 Å². The number of aryl methyl sites for hydroxylation is 2. The number of nitrogens with zero attached hydrogens (tertiary/aromatic N) is 3. The van der Waals surface area contributed by atoms with Crippen molar-refractivity contribution in [2.75, 3.05) is 19.7 Å². The fraction of sp³-hybridized carbons (Fsp3) is 0.412. The summed E-state index contributed by atoms with van der Waals surface area (Å²) in [5.41, 5.74) is 0.901. The van der Waals surface area contributed by atoms with E-state index in [1.807, 2.05) is 0 Å². The minimum Gasteiger partial charge on any atom is -0.367 e. The molecule has 1 aliphatic rings. The molecular weight excluding hydrogens is 324 g/mol. The van der Waals surface area contributed by atoms with Crippen molar-refractivity contribution in [2.45, 2.75) is 20.0 Å². The second kappa shape index (κ2) is 6.64. The SMILES string of the molecule is Cc1cc(=O)[nH]c(C2CN(C(=O)c3ccc(C)n(C)c3=O)CCO2)n1. The summed E-state index contributed by atoms with van der Waals surface area (Å²) in [6, 6.07) is 4.69. The summed E-state index contributed by atoms with van der Waals surface area (Å²) < 4.78 is 7.10. The van der Waals surface area contributed by atoms with Gasteiger partial charge in [0.05, 0.1) is 13.2 Å². The zero-order valence-electron chi connectivity index (χ0n) is 14.4. The number of amides is 1. The molecule has 1 amide bonds. The van der Waals surface area contributed by atoms with E-state index < -0.39 is 6.10 Å². The Balaban J connectivity index is 1.86. The van der Waals surface area contributed by atoms with E-state index in [4.69, 9.17) is 4.74 Å². The van der Waals surface area contributed by atoms with Gasteiger partial charge < -0.3 is 19.2 Å². The molecule has 132 valence electrons. The lowest BCUT2D eigenvalue weighted by Crippen LogP contribution is -2.45. The van der Waals surface area contributed by atoms with Gasteiger partial charge in [-0.3, -0.25) is 14.4 Å². The van der Waals surface area contributed by atoms with Gasteiger partial charge in [0.1, 0.15) is 17.5 Å². The van der Waals surface area contributed by atoms with Crippen LogP contribution in [0.5, 0.6) is 0 Å². The third-order valence-electron chi connectivity index (χ3n) is 4.33. The molecule has 1 unspecified atom stereocenters. The number of aromatic nitrogens is 3. The van der Waals surface area contributed by atoms with Gasteiger partial charge in [0, 0.05) is 31.0 Å². The normalized spacial score (nSPS) is 17.6. The Morgan fingerprint density at radius 2 is 2.08 bits per heavy atom. The van der Waals surface area contributed by atoms with Crippen LogP contribution in [0, 0.1) is 13.8 Å². The molecule has 8 heteroatoms. The zero-order chi connectivity index (χ0) is 18.1. The van der Waals surface area contributed by atoms with Crippen molar-refractivity contribution in [3.63, 3.8) is 0 Å². The lowest BCUT2D eigenvalue weighted by molar-refractivity contribution is -0.0270. The molecule has 1 saturated heterocycles. The molecule has 0 radical (unpaired) electrons. The maximum Gasteiger partial charge on any atom is 0.263 e. The highest BCUT2D eigenvalue weighted by Gasteiger charge is 2.29. The van der Waals surface area contributed by atoms with Gasteiger partial charge in [-0.2, -0.15) is 0 Å². The molecule has 0 saturated carbocycles. The Hall–Kier alpha value is -2.74. The number of pyridine rings is 1. The van der Waals surface area contributed by atoms with Crippen LogP contribution in [0.15, 0.2) is 27.8 Å². The second-order valence-corrected chi connectivity index (χ2v) is 6.14. The van der Waals surface area contributed by atoms with Crippen LogP contribution in [-0.4, -0.2) is 45.0 Å². The van der Waals surface area contributed by atoms with E-state index in [0.717, 1.165) is 5.69 Å². The van der Waals surface area contributed by atoms with Crippen molar-refractivity contribution < 1.29 is 9.53 Å². The molecule has 0 spiro atoms. The maximum atomic E-state index is 12.8. The Morgan fingerprint density at radius 3 is 2.80 bits per heavy atom. The van der Waals surface area contributed by atoms with E-state index in [1.165, 1.54) is 10.6 Å². The number of carbonyl (C=O) groups excluding carboxylic acids is 1. The van der Waals surface area contributed by atoms with Crippen LogP contribution in [0.3, 0.4) is 0 Å². The number of hydrogen-bond acceptors (Lipinski definition) is 5. The number of rotatable bonds is 2. The Kier molecular flexibility index (Phi) is 4.54. The van der Waals surface area contributed by atoms with E-state index in [-0.39, 0.29) is 29.1 Å². The topological polar surface area (TPSA) is 97.3 Å². The summed E-state index contributed by atoms with van der Waals surface area (Å²) in [6.45, 7) is 4.44. The van der Waals surface area contributed by atoms with Crippen molar-refractivity contribution in [1.82, 2.24) is 19.4 Å². The molecule has 1 aliphatic heterocycles. The van der Waals surface area contributed by atoms with E-state index in [1.54, 1.807) is 37.9 Å². The first kappa shape index (κ1) is 17.1. The van der Waals surface area contributed by atoms with Crippen molar-refractivity contribution in [3.8, 4) is 0 Å². The van der Waals surface area contributed by atoms with Crippen LogP contribution in [-0.2, 0) is 11.8 Å². The Labute approximate surface area is 144 Å². The van der Waals surface area contributed by atoms with E-state index in [0.29, 0.717) is 24.7 Å². The second-order valence-electron chi connectivity index (χ2n) is 6.14. The van der Waals surface area contributed by atoms with Crippen molar-refractivity contribution >= 4 is 5.91 Å². The van der Waals surface area contributed by atoms with Crippen molar-refractivity contribution in [3.05, 3.63) is 61.7 Å². The third kappa shape index (κ3) is 3.39. The van der Waals surface area contributed by atoms with Crippen molar-refractivity contribution in [2.24, 2.45) is 7.05 Å². The molecule has 2 aromatic rings. The quantitative estimate of drug-likeness (QED) is 0.845. The molecule has 3 rings (SSSR count). The molecule has 1 fully saturated rings. The van der Waals surface area contributed by atoms with Gasteiger partial charge in [-0.25, -0.2) is 4.98 Å². The van der Waals surface area contributed by atoms with Crippen molar-refractivity contribution in [1.29, 1.82) is 0 Å². The summed E-state index contributed by atoms with van der Waals surface area (Å²) in [5.74, 6) is 0.0446. The van der Waals surface area contributed by atoms with Crippen LogP contribution in [0.4, 0.5) is 0 Å². The number of hydrogen-bond donors (Lipinski definition) is 1. The minimum absolute atomic E-state index is 0.124. The molecule has 1 N–H and O–H groups in total. The standard InChI is InChI=1S/C17H20N4O4/c1-10-8-14(22)19-15(18-10)13-9-21(6-7-25-13)17(24)12-5-4-11(2)20(3)16(12)23/h4-5,8,13H,6-7,9H2,1-3H3,(H,18,19,22). The van der Waals surface area contributed by atoms with Gasteiger partial charge in [0.2, 0.25) is 0 Å². The van der Waals surface area contributed by atoms with Gasteiger partial charge in [0.15, 0.2) is 0 Å². The van der Waals surface area contributed by atoms with Gasteiger partial charge in [-0.15, -0.1) is 0 Å². The number of carbonyl (C=O) groups is 1. The molecule has 0 bridgehead atoms. The number of morpholine rings is 1. The largest absolute Gasteiger partial charge is 0.367 e. The average molecular weight is 344 g/mol. The monoisotopic (exact) mass is 344 g/mol. The molecule has 3 heterocycles. The molecule has 1 atom stereocenters. The molecule has 8 nitrogen and oxygen atoms in total. The summed E-state index contributed by atoms with van der Waals surface area (Å²) in [4.78, 5) is 45.2. The van der Waals surface area contributed by atoms with Gasteiger partial charge >= 0.3 is 0 Å². The smallest absolute Gasteiger partial charge is 0.263 e. The van der Waals surface area contributed by atoms with Gasteiger partial charge in [0.25, 0.3) is 17.0 Å². The average Bonchev–Trinajstić information content (AvgIpc) is 2.58. The van der Waals surface area contributed by atoms with Crippen LogP contribution < -0.4 is 11.1 Å². The Morgan fingerprint density at radius 1 is 1.32 bits per heavy atom. The number of nitrogens with one attached hydrogen (secondary N) is 1.